The van der Waals surface area contributed by atoms with Crippen molar-refractivity contribution in [2.45, 2.75) is 25.7 Å². The average molecular weight is 297 g/mol. The molecule has 0 heterocycles. The second-order valence-corrected chi connectivity index (χ2v) is 5.31. The molecule has 2 rings (SSSR count). The molecule has 3 nitrogen and oxygen atoms in total. The van der Waals surface area contributed by atoms with Crippen LogP contribution in [-0.4, -0.2) is 19.6 Å². The van der Waals surface area contributed by atoms with Crippen molar-refractivity contribution in [2.24, 2.45) is 0 Å². The zero-order valence-corrected chi connectivity index (χ0v) is 13.2. The number of methoxy groups -OCH3 is 1. The lowest BCUT2D eigenvalue weighted by Gasteiger charge is -2.18. The highest BCUT2D eigenvalue weighted by molar-refractivity contribution is 5.96. The van der Waals surface area contributed by atoms with Gasteiger partial charge in [-0.3, -0.25) is 4.79 Å². The van der Waals surface area contributed by atoms with Gasteiger partial charge < -0.3 is 10.1 Å². The van der Waals surface area contributed by atoms with Gasteiger partial charge in [-0.1, -0.05) is 55.8 Å². The van der Waals surface area contributed by atoms with Gasteiger partial charge in [0, 0.05) is 12.5 Å². The molecule has 0 saturated heterocycles. The molecule has 22 heavy (non-hydrogen) atoms. The number of nitrogens with one attached hydrogen (secondary N) is 1. The van der Waals surface area contributed by atoms with Crippen molar-refractivity contribution in [1.82, 2.24) is 5.32 Å². The number of hydrogen-bond acceptors (Lipinski definition) is 2. The Bertz CT molecular complexity index is 595. The summed E-state index contributed by atoms with van der Waals surface area (Å²) in [5.41, 5.74) is 1.85. The van der Waals surface area contributed by atoms with Crippen LogP contribution in [0.2, 0.25) is 0 Å². The van der Waals surface area contributed by atoms with E-state index in [1.807, 2.05) is 30.3 Å². The van der Waals surface area contributed by atoms with Crippen LogP contribution in [0.3, 0.4) is 0 Å². The van der Waals surface area contributed by atoms with Gasteiger partial charge in [-0.05, 0) is 24.1 Å². The fraction of sp³-hybridized carbons (Fsp3) is 0.316. The maximum Gasteiger partial charge on any atom is 0.255 e. The molecule has 0 spiro atoms. The maximum atomic E-state index is 12.4. The first kappa shape index (κ1) is 16.1. The molecular formula is C19H23NO2. The molecule has 0 fully saturated rings. The normalized spacial score (nSPS) is 11.7. The zero-order valence-electron chi connectivity index (χ0n) is 13.2. The molecule has 0 aliphatic carbocycles. The zero-order chi connectivity index (χ0) is 15.8. The Morgan fingerprint density at radius 2 is 1.77 bits per heavy atom. The molecule has 1 atom stereocenters. The van der Waals surface area contributed by atoms with Crippen molar-refractivity contribution in [1.29, 1.82) is 0 Å². The van der Waals surface area contributed by atoms with Crippen LogP contribution in [0.15, 0.2) is 54.6 Å². The van der Waals surface area contributed by atoms with E-state index in [-0.39, 0.29) is 5.91 Å². The Balaban J connectivity index is 2.04. The molecule has 0 saturated carbocycles. The molecule has 1 N–H and O–H groups in total. The summed E-state index contributed by atoms with van der Waals surface area (Å²) in [5, 5.41) is 3.04. The lowest BCUT2D eigenvalue weighted by Crippen LogP contribution is -2.28. The average Bonchev–Trinajstić information content (AvgIpc) is 2.59. The van der Waals surface area contributed by atoms with Crippen molar-refractivity contribution in [3.05, 3.63) is 65.7 Å². The molecule has 0 aliphatic heterocycles. The first-order valence-electron chi connectivity index (χ1n) is 7.72. The van der Waals surface area contributed by atoms with Crippen molar-refractivity contribution >= 4 is 5.91 Å². The highest BCUT2D eigenvalue weighted by atomic mass is 16.5. The number of rotatable bonds is 7. The standard InChI is InChI=1S/C19H23NO2/c1-3-9-16(15-10-5-4-6-11-15)14-20-19(21)17-12-7-8-13-18(17)22-2/h4-8,10-13,16H,3,9,14H2,1-2H3,(H,20,21)/t16-/m1/s1. The molecule has 2 aromatic carbocycles. The van der Waals surface area contributed by atoms with E-state index in [2.05, 4.69) is 24.4 Å². The van der Waals surface area contributed by atoms with E-state index in [4.69, 9.17) is 4.74 Å². The van der Waals surface area contributed by atoms with Crippen LogP contribution in [0.5, 0.6) is 5.75 Å². The van der Waals surface area contributed by atoms with Crippen LogP contribution >= 0.6 is 0 Å². The molecule has 0 aromatic heterocycles. The molecule has 116 valence electrons. The van der Waals surface area contributed by atoms with Gasteiger partial charge in [0.1, 0.15) is 5.75 Å². The smallest absolute Gasteiger partial charge is 0.255 e. The van der Waals surface area contributed by atoms with Gasteiger partial charge in [-0.2, -0.15) is 0 Å². The third-order valence-electron chi connectivity index (χ3n) is 3.77. The first-order chi connectivity index (χ1) is 10.8. The van der Waals surface area contributed by atoms with E-state index < -0.39 is 0 Å². The van der Waals surface area contributed by atoms with Gasteiger partial charge in [0.25, 0.3) is 5.91 Å². The first-order valence-corrected chi connectivity index (χ1v) is 7.72. The van der Waals surface area contributed by atoms with Crippen molar-refractivity contribution in [2.75, 3.05) is 13.7 Å². The highest BCUT2D eigenvalue weighted by Gasteiger charge is 2.15. The van der Waals surface area contributed by atoms with E-state index in [1.54, 1.807) is 19.2 Å². The predicted octanol–water partition coefficient (Wildman–Crippen LogP) is 4.01. The summed E-state index contributed by atoms with van der Waals surface area (Å²) in [6, 6.07) is 17.6. The largest absolute Gasteiger partial charge is 0.496 e. The fourth-order valence-corrected chi connectivity index (χ4v) is 2.60. The second kappa shape index (κ2) is 8.23. The van der Waals surface area contributed by atoms with Crippen LogP contribution in [0.1, 0.15) is 41.6 Å². The van der Waals surface area contributed by atoms with Gasteiger partial charge in [0.05, 0.1) is 12.7 Å². The van der Waals surface area contributed by atoms with E-state index in [9.17, 15) is 4.79 Å². The summed E-state index contributed by atoms with van der Waals surface area (Å²) in [7, 11) is 1.58. The highest BCUT2D eigenvalue weighted by Crippen LogP contribution is 2.21. The third kappa shape index (κ3) is 4.10. The number of hydrogen-bond donors (Lipinski definition) is 1. The molecule has 3 heteroatoms. The minimum absolute atomic E-state index is 0.0884. The van der Waals surface area contributed by atoms with E-state index in [0.29, 0.717) is 23.8 Å². The quantitative estimate of drug-likeness (QED) is 0.838. The molecule has 1 amide bonds. The number of ether oxygens (including phenoxy) is 1. The van der Waals surface area contributed by atoms with Crippen molar-refractivity contribution in [3.63, 3.8) is 0 Å². The molecular weight excluding hydrogens is 274 g/mol. The van der Waals surface area contributed by atoms with E-state index in [0.717, 1.165) is 12.8 Å². The Hall–Kier alpha value is -2.29. The van der Waals surface area contributed by atoms with Gasteiger partial charge in [-0.25, -0.2) is 0 Å². The van der Waals surface area contributed by atoms with Crippen molar-refractivity contribution < 1.29 is 9.53 Å². The lowest BCUT2D eigenvalue weighted by molar-refractivity contribution is 0.0947. The summed E-state index contributed by atoms with van der Waals surface area (Å²) in [6.45, 7) is 2.80. The second-order valence-electron chi connectivity index (χ2n) is 5.31. The van der Waals surface area contributed by atoms with Crippen LogP contribution in [0.4, 0.5) is 0 Å². The Labute approximate surface area is 132 Å². The predicted molar refractivity (Wildman–Crippen MR) is 89.4 cm³/mol. The molecule has 0 aliphatic rings. The molecule has 0 unspecified atom stereocenters. The van der Waals surface area contributed by atoms with Crippen molar-refractivity contribution in [3.8, 4) is 5.75 Å². The molecule has 0 bridgehead atoms. The number of amides is 1. The van der Waals surface area contributed by atoms with Gasteiger partial charge >= 0.3 is 0 Å². The fourth-order valence-electron chi connectivity index (χ4n) is 2.60. The minimum Gasteiger partial charge on any atom is -0.496 e. The third-order valence-corrected chi connectivity index (χ3v) is 3.77. The van der Waals surface area contributed by atoms with Gasteiger partial charge in [0.15, 0.2) is 0 Å². The maximum absolute atomic E-state index is 12.4. The molecule has 2 aromatic rings. The number of para-hydroxylation sites is 1. The lowest BCUT2D eigenvalue weighted by atomic mass is 9.94. The van der Waals surface area contributed by atoms with Crippen LogP contribution < -0.4 is 10.1 Å². The van der Waals surface area contributed by atoms with Crippen LogP contribution in [-0.2, 0) is 0 Å². The summed E-state index contributed by atoms with van der Waals surface area (Å²) in [6.07, 6.45) is 2.14. The van der Waals surface area contributed by atoms with Gasteiger partial charge in [-0.15, -0.1) is 0 Å². The summed E-state index contributed by atoms with van der Waals surface area (Å²) < 4.78 is 5.24. The summed E-state index contributed by atoms with van der Waals surface area (Å²) >= 11 is 0. The Morgan fingerprint density at radius 1 is 1.09 bits per heavy atom. The minimum atomic E-state index is -0.0884. The SMILES string of the molecule is CCC[C@H](CNC(=O)c1ccccc1OC)c1ccccc1. The van der Waals surface area contributed by atoms with Crippen LogP contribution in [0, 0.1) is 0 Å². The Morgan fingerprint density at radius 3 is 2.45 bits per heavy atom. The van der Waals surface area contributed by atoms with E-state index >= 15 is 0 Å². The summed E-state index contributed by atoms with van der Waals surface area (Å²) in [5.74, 6) is 0.853. The number of carbonyl (C=O) groups is 1. The number of carbonyl (C=O) groups excluding carboxylic acids is 1. The topological polar surface area (TPSA) is 38.3 Å². The van der Waals surface area contributed by atoms with Crippen LogP contribution in [0.25, 0.3) is 0 Å². The Kier molecular flexibility index (Phi) is 6.01. The number of benzene rings is 2. The summed E-state index contributed by atoms with van der Waals surface area (Å²) in [4.78, 5) is 12.4. The monoisotopic (exact) mass is 297 g/mol. The van der Waals surface area contributed by atoms with Gasteiger partial charge in [0.2, 0.25) is 0 Å². The van der Waals surface area contributed by atoms with E-state index in [1.165, 1.54) is 5.56 Å². The molecule has 0 radical (unpaired) electrons.